The summed E-state index contributed by atoms with van der Waals surface area (Å²) in [5, 5.41) is 12.2. The summed E-state index contributed by atoms with van der Waals surface area (Å²) in [7, 11) is 0. The molecule has 1 saturated carbocycles. The minimum absolute atomic E-state index is 0.0409. The lowest BCUT2D eigenvalue weighted by Gasteiger charge is -2.34. The molecule has 0 aliphatic heterocycles. The van der Waals surface area contributed by atoms with Crippen LogP contribution < -0.4 is 5.32 Å². The molecule has 2 aromatic carbocycles. The number of hydrogen-bond acceptors (Lipinski definition) is 3. The zero-order valence-electron chi connectivity index (χ0n) is 16.0. The van der Waals surface area contributed by atoms with Crippen LogP contribution >= 0.6 is 0 Å². The van der Waals surface area contributed by atoms with Gasteiger partial charge in [0.15, 0.2) is 0 Å². The van der Waals surface area contributed by atoms with Crippen LogP contribution in [0.1, 0.15) is 49.7 Å². The van der Waals surface area contributed by atoms with E-state index in [0.29, 0.717) is 12.3 Å². The highest BCUT2D eigenvalue weighted by atomic mass is 16.5. The summed E-state index contributed by atoms with van der Waals surface area (Å²) in [6.07, 6.45) is 2.94. The number of carbonyl (C=O) groups is 2. The van der Waals surface area contributed by atoms with E-state index < -0.39 is 17.6 Å². The minimum atomic E-state index is -1.30. The predicted octanol–water partition coefficient (Wildman–Crippen LogP) is 4.56. The number of fused-ring (bicyclic) bond motifs is 3. The van der Waals surface area contributed by atoms with Crippen LogP contribution in [-0.4, -0.2) is 29.3 Å². The molecule has 2 aliphatic carbocycles. The van der Waals surface area contributed by atoms with Crippen molar-refractivity contribution in [2.24, 2.45) is 5.92 Å². The number of carbonyl (C=O) groups excluding carboxylic acids is 1. The van der Waals surface area contributed by atoms with E-state index in [2.05, 4.69) is 29.6 Å². The Morgan fingerprint density at radius 3 is 2.14 bits per heavy atom. The number of alkyl carbamates (subject to hydrolysis) is 1. The average Bonchev–Trinajstić information content (AvgIpc) is 2.97. The first-order valence-electron chi connectivity index (χ1n) is 9.84. The highest BCUT2D eigenvalue weighted by Crippen LogP contribution is 2.44. The number of amides is 1. The third kappa shape index (κ3) is 3.37. The molecule has 0 radical (unpaired) electrons. The molecule has 2 aromatic rings. The molecule has 0 spiro atoms. The van der Waals surface area contributed by atoms with Crippen molar-refractivity contribution in [3.05, 3.63) is 59.7 Å². The third-order valence-electron chi connectivity index (χ3n) is 6.12. The number of benzene rings is 2. The van der Waals surface area contributed by atoms with Crippen LogP contribution in [0, 0.1) is 5.92 Å². The van der Waals surface area contributed by atoms with Crippen LogP contribution in [0.2, 0.25) is 0 Å². The van der Waals surface area contributed by atoms with Crippen molar-refractivity contribution in [2.75, 3.05) is 6.61 Å². The fourth-order valence-electron chi connectivity index (χ4n) is 4.33. The normalized spacial score (nSPS) is 17.8. The van der Waals surface area contributed by atoms with Crippen molar-refractivity contribution in [2.45, 2.75) is 44.1 Å². The summed E-state index contributed by atoms with van der Waals surface area (Å²) in [5.41, 5.74) is 3.28. The van der Waals surface area contributed by atoms with Gasteiger partial charge in [-0.3, -0.25) is 0 Å². The first-order valence-corrected chi connectivity index (χ1v) is 9.84. The Kier molecular flexibility index (Phi) is 4.84. The van der Waals surface area contributed by atoms with Gasteiger partial charge in [-0.15, -0.1) is 0 Å². The predicted molar refractivity (Wildman–Crippen MR) is 106 cm³/mol. The second-order valence-electron chi connectivity index (χ2n) is 8.09. The molecule has 0 bridgehead atoms. The van der Waals surface area contributed by atoms with Crippen LogP contribution in [0.15, 0.2) is 48.5 Å². The second-order valence-corrected chi connectivity index (χ2v) is 8.09. The Labute approximate surface area is 164 Å². The number of rotatable bonds is 6. The first kappa shape index (κ1) is 18.5. The zero-order valence-corrected chi connectivity index (χ0v) is 16.0. The van der Waals surface area contributed by atoms with E-state index in [0.717, 1.165) is 41.5 Å². The van der Waals surface area contributed by atoms with Crippen LogP contribution in [-0.2, 0) is 9.53 Å². The Morgan fingerprint density at radius 2 is 1.64 bits per heavy atom. The van der Waals surface area contributed by atoms with Gasteiger partial charge in [0.2, 0.25) is 0 Å². The molecule has 146 valence electrons. The number of nitrogens with one attached hydrogen (secondary N) is 1. The first-order chi connectivity index (χ1) is 13.5. The number of hydrogen-bond donors (Lipinski definition) is 2. The molecule has 5 heteroatoms. The van der Waals surface area contributed by atoms with E-state index in [9.17, 15) is 14.7 Å². The van der Waals surface area contributed by atoms with Crippen molar-refractivity contribution in [1.82, 2.24) is 5.32 Å². The smallest absolute Gasteiger partial charge is 0.408 e. The van der Waals surface area contributed by atoms with E-state index in [1.807, 2.05) is 24.3 Å². The minimum Gasteiger partial charge on any atom is -0.480 e. The molecule has 1 unspecified atom stereocenters. The maximum atomic E-state index is 12.4. The van der Waals surface area contributed by atoms with Gasteiger partial charge in [-0.2, -0.15) is 0 Å². The molecule has 1 fully saturated rings. The Hall–Kier alpha value is -2.82. The quantitative estimate of drug-likeness (QED) is 0.771. The molecule has 4 rings (SSSR count). The van der Waals surface area contributed by atoms with Crippen molar-refractivity contribution in [3.8, 4) is 11.1 Å². The maximum absolute atomic E-state index is 12.4. The average molecular weight is 379 g/mol. The molecule has 1 amide bonds. The van der Waals surface area contributed by atoms with Crippen molar-refractivity contribution in [3.63, 3.8) is 0 Å². The number of ether oxygens (including phenoxy) is 1. The number of aliphatic carboxylic acids is 1. The fourth-order valence-corrected chi connectivity index (χ4v) is 4.33. The molecule has 2 N–H and O–H groups in total. The van der Waals surface area contributed by atoms with E-state index in [1.54, 1.807) is 6.92 Å². The van der Waals surface area contributed by atoms with Crippen molar-refractivity contribution >= 4 is 12.1 Å². The Morgan fingerprint density at radius 1 is 1.07 bits per heavy atom. The van der Waals surface area contributed by atoms with Crippen molar-refractivity contribution < 1.29 is 19.4 Å². The molecular weight excluding hydrogens is 354 g/mol. The van der Waals surface area contributed by atoms with Gasteiger partial charge < -0.3 is 15.2 Å². The van der Waals surface area contributed by atoms with Gasteiger partial charge in [0.1, 0.15) is 12.1 Å². The molecule has 28 heavy (non-hydrogen) atoms. The Balaban J connectivity index is 1.45. The summed E-state index contributed by atoms with van der Waals surface area (Å²) >= 11 is 0. The topological polar surface area (TPSA) is 75.6 Å². The highest BCUT2D eigenvalue weighted by molar-refractivity contribution is 5.84. The summed E-state index contributed by atoms with van der Waals surface area (Å²) < 4.78 is 5.51. The standard InChI is InChI=1S/C23H25NO4/c1-23(21(25)26,13-15-7-6-8-15)24-22(27)28-14-20-18-11-4-2-9-16(18)17-10-3-5-12-19(17)20/h2-5,9-12,15,20H,6-8,13-14H2,1H3,(H,24,27)(H,25,26). The van der Waals surface area contributed by atoms with E-state index in [4.69, 9.17) is 4.74 Å². The largest absolute Gasteiger partial charge is 0.480 e. The Bertz CT molecular complexity index is 859. The molecule has 1 atom stereocenters. The van der Waals surface area contributed by atoms with Gasteiger partial charge >= 0.3 is 12.1 Å². The fraction of sp³-hybridized carbons (Fsp3) is 0.391. The summed E-state index contributed by atoms with van der Waals surface area (Å²) in [6.45, 7) is 1.74. The van der Waals surface area contributed by atoms with Gasteiger partial charge in [-0.05, 0) is 41.5 Å². The van der Waals surface area contributed by atoms with Gasteiger partial charge in [0, 0.05) is 5.92 Å². The molecule has 0 aromatic heterocycles. The van der Waals surface area contributed by atoms with Gasteiger partial charge in [0.05, 0.1) is 0 Å². The van der Waals surface area contributed by atoms with Crippen LogP contribution in [0.3, 0.4) is 0 Å². The molecule has 2 aliphatic rings. The number of carboxylic acid groups (broad SMARTS) is 1. The second kappa shape index (κ2) is 7.30. The van der Waals surface area contributed by atoms with E-state index in [1.165, 1.54) is 0 Å². The lowest BCUT2D eigenvalue weighted by atomic mass is 9.76. The maximum Gasteiger partial charge on any atom is 0.408 e. The summed E-state index contributed by atoms with van der Waals surface area (Å²) in [4.78, 5) is 24.2. The van der Waals surface area contributed by atoms with E-state index in [-0.39, 0.29) is 12.5 Å². The molecular formula is C23H25NO4. The monoisotopic (exact) mass is 379 g/mol. The van der Waals surface area contributed by atoms with Crippen LogP contribution in [0.4, 0.5) is 4.79 Å². The van der Waals surface area contributed by atoms with Gasteiger partial charge in [-0.25, -0.2) is 9.59 Å². The molecule has 5 nitrogen and oxygen atoms in total. The van der Waals surface area contributed by atoms with Crippen LogP contribution in [0.25, 0.3) is 11.1 Å². The third-order valence-corrected chi connectivity index (χ3v) is 6.12. The van der Waals surface area contributed by atoms with Gasteiger partial charge in [-0.1, -0.05) is 67.8 Å². The van der Waals surface area contributed by atoms with E-state index >= 15 is 0 Å². The lowest BCUT2D eigenvalue weighted by molar-refractivity contribution is -0.145. The van der Waals surface area contributed by atoms with Gasteiger partial charge in [0.25, 0.3) is 0 Å². The highest BCUT2D eigenvalue weighted by Gasteiger charge is 2.39. The number of carboxylic acids is 1. The molecule has 0 saturated heterocycles. The zero-order chi connectivity index (χ0) is 19.7. The lowest BCUT2D eigenvalue weighted by Crippen LogP contribution is -2.54. The summed E-state index contributed by atoms with van der Waals surface area (Å²) in [6, 6.07) is 16.2. The summed E-state index contributed by atoms with van der Waals surface area (Å²) in [5.74, 6) is -0.705. The van der Waals surface area contributed by atoms with Crippen molar-refractivity contribution in [1.29, 1.82) is 0 Å². The van der Waals surface area contributed by atoms with Crippen LogP contribution in [0.5, 0.6) is 0 Å². The SMILES string of the molecule is CC(CC1CCC1)(NC(=O)OCC1c2ccccc2-c2ccccc21)C(=O)O. The molecule has 0 heterocycles.